The van der Waals surface area contributed by atoms with Crippen molar-refractivity contribution in [3.8, 4) is 0 Å². The van der Waals surface area contributed by atoms with E-state index in [9.17, 15) is 22.4 Å². The molecule has 0 saturated carbocycles. The molecule has 0 aromatic heterocycles. The molecule has 0 aliphatic carbocycles. The molecule has 1 rings (SSSR count). The highest BCUT2D eigenvalue weighted by molar-refractivity contribution is 14.1. The molecule has 0 heterocycles. The molecule has 0 atom stereocenters. The molecule has 118 valence electrons. The Bertz CT molecular complexity index is 477. The number of unbranched alkanes of at least 4 members (excludes halogenated alkanes) is 3. The van der Waals surface area contributed by atoms with Gasteiger partial charge in [-0.3, -0.25) is 4.79 Å². The SMILES string of the molecule is O=C(NCCCCCCI)c1cccc(C(F)(F)F)c1F. The van der Waals surface area contributed by atoms with Gasteiger partial charge in [0.2, 0.25) is 0 Å². The van der Waals surface area contributed by atoms with Gasteiger partial charge in [-0.1, -0.05) is 41.5 Å². The highest BCUT2D eigenvalue weighted by Crippen LogP contribution is 2.32. The van der Waals surface area contributed by atoms with Crippen LogP contribution in [0, 0.1) is 5.82 Å². The molecule has 0 aliphatic rings. The van der Waals surface area contributed by atoms with E-state index in [0.717, 1.165) is 42.2 Å². The summed E-state index contributed by atoms with van der Waals surface area (Å²) < 4.78 is 52.4. The predicted octanol–water partition coefficient (Wildman–Crippen LogP) is 4.57. The van der Waals surface area contributed by atoms with Crippen molar-refractivity contribution in [3.05, 3.63) is 35.1 Å². The van der Waals surface area contributed by atoms with Gasteiger partial charge in [0.1, 0.15) is 5.82 Å². The van der Waals surface area contributed by atoms with Crippen LogP contribution >= 0.6 is 22.6 Å². The summed E-state index contributed by atoms with van der Waals surface area (Å²) in [5.41, 5.74) is -1.99. The van der Waals surface area contributed by atoms with Gasteiger partial charge in [-0.05, 0) is 29.4 Å². The third-order valence-corrected chi connectivity index (χ3v) is 3.66. The summed E-state index contributed by atoms with van der Waals surface area (Å²) in [6.07, 6.45) is -1.02. The van der Waals surface area contributed by atoms with Crippen molar-refractivity contribution in [1.29, 1.82) is 0 Å². The zero-order valence-corrected chi connectivity index (χ0v) is 13.4. The Kier molecular flexibility index (Phi) is 7.41. The fourth-order valence-electron chi connectivity index (χ4n) is 1.80. The van der Waals surface area contributed by atoms with Crippen molar-refractivity contribution in [3.63, 3.8) is 0 Å². The van der Waals surface area contributed by atoms with Crippen LogP contribution in [0.5, 0.6) is 0 Å². The molecule has 1 aromatic rings. The van der Waals surface area contributed by atoms with E-state index in [0.29, 0.717) is 12.6 Å². The Morgan fingerprint density at radius 3 is 2.43 bits per heavy atom. The number of rotatable bonds is 7. The van der Waals surface area contributed by atoms with Crippen LogP contribution in [-0.4, -0.2) is 16.9 Å². The number of nitrogens with one attached hydrogen (secondary N) is 1. The minimum atomic E-state index is -4.81. The van der Waals surface area contributed by atoms with Gasteiger partial charge in [-0.2, -0.15) is 13.2 Å². The first-order valence-corrected chi connectivity index (χ1v) is 8.10. The highest BCUT2D eigenvalue weighted by Gasteiger charge is 2.35. The van der Waals surface area contributed by atoms with Crippen LogP contribution in [0.3, 0.4) is 0 Å². The fraction of sp³-hybridized carbons (Fsp3) is 0.500. The van der Waals surface area contributed by atoms with Gasteiger partial charge in [-0.25, -0.2) is 4.39 Å². The summed E-state index contributed by atoms with van der Waals surface area (Å²) in [6.45, 7) is 0.329. The van der Waals surface area contributed by atoms with Crippen LogP contribution in [0.1, 0.15) is 41.6 Å². The second-order valence-corrected chi connectivity index (χ2v) is 5.60. The largest absolute Gasteiger partial charge is 0.419 e. The monoisotopic (exact) mass is 417 g/mol. The molecule has 7 heteroatoms. The number of alkyl halides is 4. The van der Waals surface area contributed by atoms with E-state index in [1.807, 2.05) is 0 Å². The average molecular weight is 417 g/mol. The summed E-state index contributed by atoms with van der Waals surface area (Å²) in [5, 5.41) is 2.45. The number of amides is 1. The smallest absolute Gasteiger partial charge is 0.352 e. The predicted molar refractivity (Wildman–Crippen MR) is 81.1 cm³/mol. The molecule has 0 aliphatic heterocycles. The van der Waals surface area contributed by atoms with Crippen LogP contribution in [0.15, 0.2) is 18.2 Å². The molecule has 1 aromatic carbocycles. The molecule has 2 nitrogen and oxygen atoms in total. The minimum Gasteiger partial charge on any atom is -0.352 e. The maximum absolute atomic E-state index is 13.7. The van der Waals surface area contributed by atoms with Gasteiger partial charge in [0, 0.05) is 6.54 Å². The Morgan fingerprint density at radius 2 is 1.81 bits per heavy atom. The van der Waals surface area contributed by atoms with Crippen molar-refractivity contribution >= 4 is 28.5 Å². The van der Waals surface area contributed by atoms with Gasteiger partial charge < -0.3 is 5.32 Å². The summed E-state index contributed by atoms with van der Waals surface area (Å²) in [7, 11) is 0. The topological polar surface area (TPSA) is 29.1 Å². The minimum absolute atomic E-state index is 0.329. The lowest BCUT2D eigenvalue weighted by Gasteiger charge is -2.11. The number of hydrogen-bond acceptors (Lipinski definition) is 1. The van der Waals surface area contributed by atoms with Gasteiger partial charge in [0.15, 0.2) is 0 Å². The van der Waals surface area contributed by atoms with Crippen LogP contribution in [0.25, 0.3) is 0 Å². The van der Waals surface area contributed by atoms with Crippen molar-refractivity contribution < 1.29 is 22.4 Å². The molecule has 21 heavy (non-hydrogen) atoms. The Balaban J connectivity index is 2.59. The van der Waals surface area contributed by atoms with Crippen LogP contribution in [0.2, 0.25) is 0 Å². The summed E-state index contributed by atoms with van der Waals surface area (Å²) >= 11 is 2.28. The van der Waals surface area contributed by atoms with Crippen molar-refractivity contribution in [2.45, 2.75) is 31.9 Å². The van der Waals surface area contributed by atoms with E-state index in [-0.39, 0.29) is 0 Å². The molecule has 0 radical (unpaired) electrons. The summed E-state index contributed by atoms with van der Waals surface area (Å²) in [5.74, 6) is -2.33. The van der Waals surface area contributed by atoms with Gasteiger partial charge in [0.05, 0.1) is 11.1 Å². The normalized spacial score (nSPS) is 11.5. The quantitative estimate of drug-likeness (QED) is 0.300. The first kappa shape index (κ1) is 18.2. The van der Waals surface area contributed by atoms with Crippen LogP contribution in [0.4, 0.5) is 17.6 Å². The third-order valence-electron chi connectivity index (χ3n) is 2.89. The third kappa shape index (κ3) is 5.80. The first-order chi connectivity index (χ1) is 9.88. The Labute approximate surface area is 134 Å². The zero-order valence-electron chi connectivity index (χ0n) is 11.3. The number of hydrogen-bond donors (Lipinski definition) is 1. The van der Waals surface area contributed by atoms with Gasteiger partial charge in [-0.15, -0.1) is 0 Å². The number of carbonyl (C=O) groups excluding carboxylic acids is 1. The second-order valence-electron chi connectivity index (χ2n) is 4.52. The Hall–Kier alpha value is -0.860. The summed E-state index contributed by atoms with van der Waals surface area (Å²) in [6, 6.07) is 2.70. The molecule has 0 saturated heterocycles. The lowest BCUT2D eigenvalue weighted by molar-refractivity contribution is -0.140. The number of benzene rings is 1. The average Bonchev–Trinajstić information content (AvgIpc) is 2.41. The van der Waals surface area contributed by atoms with E-state index in [1.54, 1.807) is 0 Å². The lowest BCUT2D eigenvalue weighted by atomic mass is 10.1. The van der Waals surface area contributed by atoms with E-state index < -0.39 is 29.0 Å². The van der Waals surface area contributed by atoms with E-state index in [4.69, 9.17) is 0 Å². The highest BCUT2D eigenvalue weighted by atomic mass is 127. The van der Waals surface area contributed by atoms with Gasteiger partial charge in [0.25, 0.3) is 5.91 Å². The maximum atomic E-state index is 13.7. The molecular weight excluding hydrogens is 401 g/mol. The number of carbonyl (C=O) groups is 1. The number of halogens is 5. The van der Waals surface area contributed by atoms with Crippen LogP contribution < -0.4 is 5.32 Å². The van der Waals surface area contributed by atoms with Crippen LogP contribution in [-0.2, 0) is 6.18 Å². The zero-order chi connectivity index (χ0) is 15.9. The molecule has 1 amide bonds. The van der Waals surface area contributed by atoms with E-state index in [2.05, 4.69) is 27.9 Å². The molecular formula is C14H16F4INO. The van der Waals surface area contributed by atoms with E-state index in [1.165, 1.54) is 0 Å². The molecule has 0 fully saturated rings. The molecule has 0 spiro atoms. The van der Waals surface area contributed by atoms with E-state index >= 15 is 0 Å². The van der Waals surface area contributed by atoms with Crippen molar-refractivity contribution in [2.75, 3.05) is 11.0 Å². The molecule has 0 bridgehead atoms. The maximum Gasteiger partial charge on any atom is 0.419 e. The first-order valence-electron chi connectivity index (χ1n) is 6.57. The van der Waals surface area contributed by atoms with Gasteiger partial charge >= 0.3 is 6.18 Å². The summed E-state index contributed by atoms with van der Waals surface area (Å²) in [4.78, 5) is 11.7. The molecule has 1 N–H and O–H groups in total. The standard InChI is InChI=1S/C14H16F4INO/c15-12-10(6-5-7-11(12)14(16,17)18)13(21)20-9-4-2-1-3-8-19/h5-7H,1-4,8-9H2,(H,20,21). The lowest BCUT2D eigenvalue weighted by Crippen LogP contribution is -2.26. The molecule has 0 unspecified atom stereocenters. The Morgan fingerprint density at radius 1 is 1.14 bits per heavy atom. The van der Waals surface area contributed by atoms with Crippen molar-refractivity contribution in [1.82, 2.24) is 5.32 Å². The second kappa shape index (κ2) is 8.55. The fourth-order valence-corrected chi connectivity index (χ4v) is 2.34. The van der Waals surface area contributed by atoms with Crippen molar-refractivity contribution in [2.24, 2.45) is 0 Å².